The second kappa shape index (κ2) is 15.3. The van der Waals surface area contributed by atoms with E-state index in [1.807, 2.05) is 146 Å². The maximum Gasteiger partial charge on any atom is 0.165 e. The number of ether oxygens (including phenoxy) is 4. The fourth-order valence-electron chi connectivity index (χ4n) is 8.28. The molecule has 0 amide bonds. The first-order valence-corrected chi connectivity index (χ1v) is 17.1. The van der Waals surface area contributed by atoms with Gasteiger partial charge >= 0.3 is 0 Å². The summed E-state index contributed by atoms with van der Waals surface area (Å²) in [6, 6.07) is 49.1. The van der Waals surface area contributed by atoms with E-state index in [1.54, 1.807) is 40.6 Å². The molecular formula is C45H44O7. The molecule has 52 heavy (non-hydrogen) atoms. The molecule has 0 fully saturated rings. The quantitative estimate of drug-likeness (QED) is 0.104. The van der Waals surface area contributed by atoms with Crippen molar-refractivity contribution in [2.75, 3.05) is 35.0 Å². The normalized spacial score (nSPS) is 12.5. The molecule has 0 aliphatic carbocycles. The van der Waals surface area contributed by atoms with E-state index >= 15 is 0 Å². The summed E-state index contributed by atoms with van der Waals surface area (Å²) in [7, 11) is 6.22. The van der Waals surface area contributed by atoms with Crippen LogP contribution in [0.25, 0.3) is 0 Å². The zero-order valence-electron chi connectivity index (χ0n) is 29.8. The summed E-state index contributed by atoms with van der Waals surface area (Å²) in [5, 5.41) is 39.3. The summed E-state index contributed by atoms with van der Waals surface area (Å²) in [6.45, 7) is -0.822. The first-order valence-electron chi connectivity index (χ1n) is 17.1. The van der Waals surface area contributed by atoms with Crippen molar-refractivity contribution in [2.24, 2.45) is 0 Å². The molecule has 0 radical (unpaired) electrons. The van der Waals surface area contributed by atoms with Crippen molar-refractivity contribution in [3.63, 3.8) is 0 Å². The zero-order valence-corrected chi connectivity index (χ0v) is 29.8. The second-order valence-electron chi connectivity index (χ2n) is 12.5. The third kappa shape index (κ3) is 5.40. The van der Waals surface area contributed by atoms with E-state index < -0.39 is 29.1 Å². The highest BCUT2D eigenvalue weighted by atomic mass is 16.5. The summed E-state index contributed by atoms with van der Waals surface area (Å²) in [6.07, 6.45) is -1.83. The van der Waals surface area contributed by atoms with Gasteiger partial charge in [0.25, 0.3) is 0 Å². The Kier molecular flexibility index (Phi) is 10.7. The molecule has 0 aromatic heterocycles. The van der Waals surface area contributed by atoms with Crippen LogP contribution in [0.2, 0.25) is 0 Å². The Balaban J connectivity index is 2.03. The molecular weight excluding hydrogens is 652 g/mol. The summed E-state index contributed by atoms with van der Waals surface area (Å²) in [5.74, 6) is 1.52. The average molecular weight is 697 g/mol. The van der Waals surface area contributed by atoms with Gasteiger partial charge in [0.15, 0.2) is 23.0 Å². The second-order valence-corrected chi connectivity index (χ2v) is 12.5. The number of aliphatic hydroxyl groups excluding tert-OH is 2. The van der Waals surface area contributed by atoms with E-state index in [1.165, 1.54) is 0 Å². The highest BCUT2D eigenvalue weighted by Crippen LogP contribution is 2.64. The van der Waals surface area contributed by atoms with Crippen LogP contribution in [-0.2, 0) is 10.8 Å². The molecule has 6 rings (SSSR count). The molecule has 0 bridgehead atoms. The van der Waals surface area contributed by atoms with Gasteiger partial charge < -0.3 is 34.3 Å². The largest absolute Gasteiger partial charge is 0.493 e. The lowest BCUT2D eigenvalue weighted by molar-refractivity contribution is -0.152. The third-order valence-corrected chi connectivity index (χ3v) is 10.2. The van der Waals surface area contributed by atoms with Crippen LogP contribution in [0.15, 0.2) is 158 Å². The Bertz CT molecular complexity index is 1830. The maximum absolute atomic E-state index is 15.0. The Labute approximate surface area is 305 Å². The van der Waals surface area contributed by atoms with Gasteiger partial charge in [-0.1, -0.05) is 146 Å². The van der Waals surface area contributed by atoms with Crippen LogP contribution in [-0.4, -0.2) is 62.1 Å². The summed E-state index contributed by atoms with van der Waals surface area (Å²) in [4.78, 5) is 0. The van der Waals surface area contributed by atoms with Gasteiger partial charge in [-0.25, -0.2) is 0 Å². The van der Waals surface area contributed by atoms with E-state index in [0.717, 1.165) is 0 Å². The van der Waals surface area contributed by atoms with Crippen LogP contribution in [0.4, 0.5) is 0 Å². The van der Waals surface area contributed by atoms with Crippen molar-refractivity contribution in [3.8, 4) is 23.0 Å². The number of aliphatic hydroxyl groups is 3. The van der Waals surface area contributed by atoms with Crippen LogP contribution in [0.3, 0.4) is 0 Å². The fourth-order valence-corrected chi connectivity index (χ4v) is 8.28. The molecule has 0 aliphatic heterocycles. The van der Waals surface area contributed by atoms with Crippen molar-refractivity contribution in [2.45, 2.75) is 22.5 Å². The third-order valence-electron chi connectivity index (χ3n) is 10.2. The fraction of sp³-hybridized carbons (Fsp3) is 0.200. The lowest BCUT2D eigenvalue weighted by atomic mass is 9.44. The Hall–Kier alpha value is -5.60. The number of para-hydroxylation sites is 2. The van der Waals surface area contributed by atoms with Gasteiger partial charge in [0, 0.05) is 11.1 Å². The predicted octanol–water partition coefficient (Wildman–Crippen LogP) is 7.17. The van der Waals surface area contributed by atoms with Crippen molar-refractivity contribution in [1.82, 2.24) is 0 Å². The van der Waals surface area contributed by atoms with Gasteiger partial charge in [-0.05, 0) is 34.4 Å². The molecule has 7 heteroatoms. The standard InChI is InChI=1S/C45H44O7/c1-49-38-29-17-27-36(41(38)51-3)43(32-19-9-5-10-20-32,33-21-11-6-12-22-33)45(48,40(47)31-46)44(34-23-13-7-14-24-34,35-25-15-8-16-26-35)37-28-18-30-39(50-2)42(37)52-4/h5-30,40,46-48H,31H2,1-4H3. The highest BCUT2D eigenvalue weighted by Gasteiger charge is 2.70. The molecule has 6 aromatic carbocycles. The highest BCUT2D eigenvalue weighted by molar-refractivity contribution is 5.70. The van der Waals surface area contributed by atoms with Gasteiger partial charge in [0.1, 0.15) is 11.7 Å². The van der Waals surface area contributed by atoms with Crippen molar-refractivity contribution < 1.29 is 34.3 Å². The van der Waals surface area contributed by atoms with Gasteiger partial charge in [0.05, 0.1) is 45.9 Å². The number of hydrogen-bond acceptors (Lipinski definition) is 7. The predicted molar refractivity (Wildman–Crippen MR) is 203 cm³/mol. The Morgan fingerprint density at radius 3 is 1.00 bits per heavy atom. The first kappa shape index (κ1) is 36.2. The molecule has 1 atom stereocenters. The van der Waals surface area contributed by atoms with Gasteiger partial charge in [-0.15, -0.1) is 0 Å². The molecule has 6 aromatic rings. The summed E-state index contributed by atoms with van der Waals surface area (Å²) < 4.78 is 24.2. The molecule has 3 N–H and O–H groups in total. The molecule has 0 aliphatic rings. The van der Waals surface area contributed by atoms with Crippen molar-refractivity contribution >= 4 is 0 Å². The van der Waals surface area contributed by atoms with E-state index in [-0.39, 0.29) is 0 Å². The van der Waals surface area contributed by atoms with E-state index in [4.69, 9.17) is 18.9 Å². The van der Waals surface area contributed by atoms with Crippen molar-refractivity contribution in [1.29, 1.82) is 0 Å². The molecule has 266 valence electrons. The van der Waals surface area contributed by atoms with Gasteiger partial charge in [0.2, 0.25) is 0 Å². The topological polar surface area (TPSA) is 97.6 Å². The SMILES string of the molecule is COc1cccc(C(c2ccccc2)(c2ccccc2)C(O)(C(O)CO)C(c2ccccc2)(c2ccccc2)c2cccc(OC)c2OC)c1OC. The molecule has 0 saturated carbocycles. The average Bonchev–Trinajstić information content (AvgIpc) is 3.22. The summed E-state index contributed by atoms with van der Waals surface area (Å²) >= 11 is 0. The van der Waals surface area contributed by atoms with Crippen LogP contribution in [0, 0.1) is 0 Å². The lowest BCUT2D eigenvalue weighted by Crippen LogP contribution is -2.72. The van der Waals surface area contributed by atoms with Crippen LogP contribution in [0.5, 0.6) is 23.0 Å². The smallest absolute Gasteiger partial charge is 0.165 e. The van der Waals surface area contributed by atoms with E-state index in [9.17, 15) is 15.3 Å². The number of rotatable bonds is 14. The van der Waals surface area contributed by atoms with E-state index in [0.29, 0.717) is 56.4 Å². The minimum atomic E-state index is -2.44. The Morgan fingerprint density at radius 2 is 0.750 bits per heavy atom. The maximum atomic E-state index is 15.0. The number of methoxy groups -OCH3 is 4. The van der Waals surface area contributed by atoms with Crippen LogP contribution >= 0.6 is 0 Å². The lowest BCUT2D eigenvalue weighted by Gasteiger charge is -2.60. The minimum Gasteiger partial charge on any atom is -0.493 e. The van der Waals surface area contributed by atoms with Gasteiger partial charge in [-0.2, -0.15) is 0 Å². The van der Waals surface area contributed by atoms with Crippen LogP contribution < -0.4 is 18.9 Å². The molecule has 0 heterocycles. The molecule has 1 unspecified atom stereocenters. The molecule has 0 saturated heterocycles. The molecule has 7 nitrogen and oxygen atoms in total. The molecule has 0 spiro atoms. The van der Waals surface area contributed by atoms with Crippen molar-refractivity contribution in [3.05, 3.63) is 191 Å². The minimum absolute atomic E-state index is 0.342. The number of benzene rings is 6. The Morgan fingerprint density at radius 1 is 0.442 bits per heavy atom. The first-order chi connectivity index (χ1) is 25.4. The van der Waals surface area contributed by atoms with Gasteiger partial charge in [-0.3, -0.25) is 0 Å². The number of hydrogen-bond donors (Lipinski definition) is 3. The monoisotopic (exact) mass is 696 g/mol. The van der Waals surface area contributed by atoms with E-state index in [2.05, 4.69) is 0 Å². The zero-order chi connectivity index (χ0) is 36.8. The van der Waals surface area contributed by atoms with Crippen LogP contribution in [0.1, 0.15) is 33.4 Å². The summed E-state index contributed by atoms with van der Waals surface area (Å²) in [5.41, 5.74) is -2.50.